The van der Waals surface area contributed by atoms with Gasteiger partial charge in [-0.2, -0.15) is 5.10 Å². The number of anilines is 3. The fourth-order valence-corrected chi connectivity index (χ4v) is 3.40. The molecule has 2 heterocycles. The Morgan fingerprint density at radius 2 is 1.97 bits per heavy atom. The molecule has 0 spiro atoms. The number of benzene rings is 2. The summed E-state index contributed by atoms with van der Waals surface area (Å²) in [6.07, 6.45) is 3.36. The Bertz CT molecular complexity index is 1340. The van der Waals surface area contributed by atoms with E-state index in [2.05, 4.69) is 25.7 Å². The molecular formula is C24H22ClFN6O2. The van der Waals surface area contributed by atoms with Crippen LogP contribution in [-0.2, 0) is 0 Å². The fourth-order valence-electron chi connectivity index (χ4n) is 3.21. The van der Waals surface area contributed by atoms with Crippen LogP contribution < -0.4 is 15.4 Å². The van der Waals surface area contributed by atoms with E-state index in [-0.39, 0.29) is 11.6 Å². The van der Waals surface area contributed by atoms with Crippen LogP contribution in [0.1, 0.15) is 30.2 Å². The summed E-state index contributed by atoms with van der Waals surface area (Å²) in [4.78, 5) is 21.4. The Morgan fingerprint density at radius 3 is 2.68 bits per heavy atom. The summed E-state index contributed by atoms with van der Waals surface area (Å²) in [5, 5.41) is 10.6. The highest BCUT2D eigenvalue weighted by Gasteiger charge is 2.16. The molecule has 0 aliphatic heterocycles. The molecule has 10 heteroatoms. The lowest BCUT2D eigenvalue weighted by atomic mass is 10.1. The zero-order valence-corrected chi connectivity index (χ0v) is 19.5. The van der Waals surface area contributed by atoms with E-state index in [1.807, 2.05) is 30.8 Å². The van der Waals surface area contributed by atoms with Gasteiger partial charge in [-0.1, -0.05) is 17.7 Å². The van der Waals surface area contributed by atoms with Gasteiger partial charge in [0.2, 0.25) is 5.95 Å². The molecule has 0 aliphatic rings. The van der Waals surface area contributed by atoms with E-state index in [9.17, 15) is 9.18 Å². The summed E-state index contributed by atoms with van der Waals surface area (Å²) < 4.78 is 20.6. The Kier molecular flexibility index (Phi) is 6.74. The molecule has 0 saturated heterocycles. The van der Waals surface area contributed by atoms with Crippen LogP contribution in [0.3, 0.4) is 0 Å². The van der Waals surface area contributed by atoms with Crippen LogP contribution in [0.2, 0.25) is 5.02 Å². The SMILES string of the molecule is COc1cc(Nc2ncc(Cl)c(-c3ccn(C(C)C)n3)n2)ccc1C(=O)Nc1cccc(F)c1. The monoisotopic (exact) mass is 480 g/mol. The number of carbonyl (C=O) groups excluding carboxylic acids is 1. The second-order valence-electron chi connectivity index (χ2n) is 7.67. The van der Waals surface area contributed by atoms with E-state index >= 15 is 0 Å². The van der Waals surface area contributed by atoms with Crippen LogP contribution in [0.5, 0.6) is 5.75 Å². The third-order valence-electron chi connectivity index (χ3n) is 4.91. The average molecular weight is 481 g/mol. The third kappa shape index (κ3) is 5.15. The van der Waals surface area contributed by atoms with Crippen LogP contribution in [0.4, 0.5) is 21.7 Å². The van der Waals surface area contributed by atoms with Gasteiger partial charge in [-0.05, 0) is 50.2 Å². The lowest BCUT2D eigenvalue weighted by Crippen LogP contribution is -2.13. The molecule has 0 fully saturated rings. The second-order valence-corrected chi connectivity index (χ2v) is 8.08. The number of aromatic nitrogens is 4. The topological polar surface area (TPSA) is 94.0 Å². The maximum atomic E-state index is 13.4. The van der Waals surface area contributed by atoms with Gasteiger partial charge in [0.25, 0.3) is 5.91 Å². The van der Waals surface area contributed by atoms with Gasteiger partial charge < -0.3 is 15.4 Å². The van der Waals surface area contributed by atoms with Crippen molar-refractivity contribution in [2.75, 3.05) is 17.7 Å². The highest BCUT2D eigenvalue weighted by atomic mass is 35.5. The molecule has 2 aromatic heterocycles. The maximum absolute atomic E-state index is 13.4. The van der Waals surface area contributed by atoms with Crippen molar-refractivity contribution >= 4 is 34.8 Å². The zero-order valence-electron chi connectivity index (χ0n) is 18.7. The van der Waals surface area contributed by atoms with Gasteiger partial charge in [0, 0.05) is 29.7 Å². The van der Waals surface area contributed by atoms with Crippen molar-refractivity contribution in [2.24, 2.45) is 0 Å². The molecule has 2 N–H and O–H groups in total. The smallest absolute Gasteiger partial charge is 0.259 e. The number of nitrogens with one attached hydrogen (secondary N) is 2. The first-order chi connectivity index (χ1) is 16.3. The fraction of sp³-hybridized carbons (Fsp3) is 0.167. The van der Waals surface area contributed by atoms with Crippen molar-refractivity contribution in [3.8, 4) is 17.1 Å². The highest BCUT2D eigenvalue weighted by Crippen LogP contribution is 2.29. The van der Waals surface area contributed by atoms with Gasteiger partial charge in [0.05, 0.1) is 23.9 Å². The van der Waals surface area contributed by atoms with Crippen LogP contribution in [-0.4, -0.2) is 32.8 Å². The minimum absolute atomic E-state index is 0.205. The molecule has 0 saturated carbocycles. The summed E-state index contributed by atoms with van der Waals surface area (Å²) >= 11 is 6.31. The summed E-state index contributed by atoms with van der Waals surface area (Å²) in [5.74, 6) is -0.247. The van der Waals surface area contributed by atoms with Gasteiger partial charge >= 0.3 is 0 Å². The number of ether oxygens (including phenoxy) is 1. The Morgan fingerprint density at radius 1 is 1.15 bits per heavy atom. The second kappa shape index (κ2) is 9.88. The Balaban J connectivity index is 1.55. The van der Waals surface area contributed by atoms with Crippen molar-refractivity contribution in [3.63, 3.8) is 0 Å². The van der Waals surface area contributed by atoms with Crippen LogP contribution in [0.25, 0.3) is 11.4 Å². The number of hydrogen-bond acceptors (Lipinski definition) is 6. The first kappa shape index (κ1) is 23.2. The lowest BCUT2D eigenvalue weighted by Gasteiger charge is -2.12. The minimum Gasteiger partial charge on any atom is -0.496 e. The quantitative estimate of drug-likeness (QED) is 0.351. The Labute approximate surface area is 200 Å². The normalized spacial score (nSPS) is 10.9. The number of carbonyl (C=O) groups is 1. The van der Waals surface area contributed by atoms with Crippen molar-refractivity contribution in [3.05, 3.63) is 77.3 Å². The standard InChI is InChI=1S/C24H22ClFN6O2/c1-14(2)32-10-9-20(31-32)22-19(25)13-27-24(30-22)29-17-7-8-18(21(12-17)34-3)23(33)28-16-6-4-5-15(26)11-16/h4-14H,1-3H3,(H,28,33)(H,27,29,30). The van der Waals surface area contributed by atoms with Gasteiger partial charge in [-0.3, -0.25) is 9.48 Å². The van der Waals surface area contributed by atoms with E-state index in [0.717, 1.165) is 0 Å². The third-order valence-corrected chi connectivity index (χ3v) is 5.19. The number of methoxy groups -OCH3 is 1. The van der Waals surface area contributed by atoms with E-state index in [4.69, 9.17) is 16.3 Å². The molecule has 34 heavy (non-hydrogen) atoms. The predicted molar refractivity (Wildman–Crippen MR) is 129 cm³/mol. The number of nitrogens with zero attached hydrogens (tertiary/aromatic N) is 4. The predicted octanol–water partition coefficient (Wildman–Crippen LogP) is 5.72. The van der Waals surface area contributed by atoms with Crippen molar-refractivity contribution < 1.29 is 13.9 Å². The van der Waals surface area contributed by atoms with E-state index in [0.29, 0.717) is 39.5 Å². The molecule has 174 valence electrons. The molecule has 0 aliphatic carbocycles. The van der Waals surface area contributed by atoms with Crippen molar-refractivity contribution in [2.45, 2.75) is 19.9 Å². The van der Waals surface area contributed by atoms with Crippen molar-refractivity contribution in [1.82, 2.24) is 19.7 Å². The molecule has 8 nitrogen and oxygen atoms in total. The highest BCUT2D eigenvalue weighted by molar-refractivity contribution is 6.32. The number of amides is 1. The number of halogens is 2. The number of hydrogen-bond donors (Lipinski definition) is 2. The maximum Gasteiger partial charge on any atom is 0.259 e. The first-order valence-electron chi connectivity index (χ1n) is 10.4. The minimum atomic E-state index is -0.442. The van der Waals surface area contributed by atoms with E-state index < -0.39 is 11.7 Å². The molecule has 4 aromatic rings. The van der Waals surface area contributed by atoms with E-state index in [1.165, 1.54) is 31.5 Å². The van der Waals surface area contributed by atoms with Gasteiger partial charge in [-0.15, -0.1) is 0 Å². The summed E-state index contributed by atoms with van der Waals surface area (Å²) in [6.45, 7) is 4.06. The zero-order chi connectivity index (χ0) is 24.2. The molecule has 0 unspecified atom stereocenters. The van der Waals surface area contributed by atoms with E-state index in [1.54, 1.807) is 24.3 Å². The average Bonchev–Trinajstić information content (AvgIpc) is 3.31. The summed E-state index contributed by atoms with van der Waals surface area (Å²) in [7, 11) is 1.46. The van der Waals surface area contributed by atoms with Gasteiger partial charge in [0.15, 0.2) is 0 Å². The molecule has 0 bridgehead atoms. The van der Waals surface area contributed by atoms with Crippen LogP contribution >= 0.6 is 11.6 Å². The molecule has 4 rings (SSSR count). The van der Waals surface area contributed by atoms with Crippen molar-refractivity contribution in [1.29, 1.82) is 0 Å². The van der Waals surface area contributed by atoms with Crippen LogP contribution in [0, 0.1) is 5.82 Å². The largest absolute Gasteiger partial charge is 0.496 e. The van der Waals surface area contributed by atoms with Crippen LogP contribution in [0.15, 0.2) is 60.9 Å². The summed E-state index contributed by atoms with van der Waals surface area (Å²) in [6, 6.07) is 12.6. The summed E-state index contributed by atoms with van der Waals surface area (Å²) in [5.41, 5.74) is 2.35. The molecule has 1 amide bonds. The Hall–Kier alpha value is -3.98. The molecule has 0 atom stereocenters. The first-order valence-corrected chi connectivity index (χ1v) is 10.8. The van der Waals surface area contributed by atoms with Gasteiger partial charge in [0.1, 0.15) is 23.0 Å². The molecule has 2 aromatic carbocycles. The number of rotatable bonds is 7. The lowest BCUT2D eigenvalue weighted by molar-refractivity contribution is 0.102. The van der Waals surface area contributed by atoms with Gasteiger partial charge in [-0.25, -0.2) is 14.4 Å². The molecular weight excluding hydrogens is 459 g/mol. The molecule has 0 radical (unpaired) electrons.